The molecule has 1 aliphatic carbocycles. The molecule has 0 heteroatoms. The first kappa shape index (κ1) is 9.31. The van der Waals surface area contributed by atoms with Gasteiger partial charge < -0.3 is 0 Å². The Morgan fingerprint density at radius 3 is 2.33 bits per heavy atom. The van der Waals surface area contributed by atoms with Gasteiger partial charge in [-0.3, -0.25) is 0 Å². The van der Waals surface area contributed by atoms with Gasteiger partial charge in [0.05, 0.1) is 0 Å². The summed E-state index contributed by atoms with van der Waals surface area (Å²) in [6, 6.07) is 0. The molecule has 12 heavy (non-hydrogen) atoms. The van der Waals surface area contributed by atoms with E-state index in [9.17, 15) is 0 Å². The third-order valence-electron chi connectivity index (χ3n) is 2.64. The Morgan fingerprint density at radius 2 is 1.83 bits per heavy atom. The van der Waals surface area contributed by atoms with Gasteiger partial charge in [-0.1, -0.05) is 23.8 Å². The fourth-order valence-corrected chi connectivity index (χ4v) is 1.82. The van der Waals surface area contributed by atoms with Crippen LogP contribution in [0.4, 0.5) is 0 Å². The average Bonchev–Trinajstić information content (AvgIpc) is 2.50. The van der Waals surface area contributed by atoms with Gasteiger partial charge in [0.1, 0.15) is 0 Å². The van der Waals surface area contributed by atoms with E-state index in [4.69, 9.17) is 0 Å². The predicted molar refractivity (Wildman–Crippen MR) is 55.1 cm³/mol. The molecule has 0 bridgehead atoms. The first-order valence-electron chi connectivity index (χ1n) is 4.68. The maximum atomic E-state index is 4.02. The summed E-state index contributed by atoms with van der Waals surface area (Å²) in [7, 11) is 0. The zero-order chi connectivity index (χ0) is 9.14. The molecule has 0 heterocycles. The van der Waals surface area contributed by atoms with Crippen LogP contribution in [0, 0.1) is 0 Å². The Morgan fingerprint density at radius 1 is 1.25 bits per heavy atom. The summed E-state index contributed by atoms with van der Waals surface area (Å²) in [6.07, 6.45) is 5.99. The van der Waals surface area contributed by atoms with Crippen LogP contribution >= 0.6 is 0 Å². The van der Waals surface area contributed by atoms with E-state index in [1.54, 1.807) is 5.57 Å². The van der Waals surface area contributed by atoms with Crippen LogP contribution in [0.1, 0.15) is 40.0 Å². The first-order chi connectivity index (χ1) is 5.66. The lowest BCUT2D eigenvalue weighted by molar-refractivity contribution is 0.897. The van der Waals surface area contributed by atoms with Crippen LogP contribution in [-0.2, 0) is 0 Å². The molecule has 0 unspecified atom stereocenters. The van der Waals surface area contributed by atoms with E-state index in [0.29, 0.717) is 0 Å². The van der Waals surface area contributed by atoms with E-state index >= 15 is 0 Å². The Hall–Kier alpha value is -0.780. The molecule has 0 aliphatic heterocycles. The topological polar surface area (TPSA) is 0 Å². The van der Waals surface area contributed by atoms with Crippen molar-refractivity contribution in [3.63, 3.8) is 0 Å². The molecule has 0 saturated carbocycles. The summed E-state index contributed by atoms with van der Waals surface area (Å²) in [5, 5.41) is 0. The molecule has 0 nitrogen and oxygen atoms in total. The van der Waals surface area contributed by atoms with Crippen LogP contribution in [0.5, 0.6) is 0 Å². The lowest BCUT2D eigenvalue weighted by Crippen LogP contribution is -1.86. The van der Waals surface area contributed by atoms with Gasteiger partial charge in [-0.25, -0.2) is 0 Å². The van der Waals surface area contributed by atoms with Crippen molar-refractivity contribution in [1.29, 1.82) is 0 Å². The SMILES string of the molecule is C=C(C)C1=C(/C(C)=C\C)CCC1. The Bertz CT molecular complexity index is 251. The predicted octanol–water partition coefficient (Wildman–Crippen LogP) is 4.01. The summed E-state index contributed by atoms with van der Waals surface area (Å²) in [4.78, 5) is 0. The van der Waals surface area contributed by atoms with Gasteiger partial charge in [0.25, 0.3) is 0 Å². The van der Waals surface area contributed by atoms with Crippen molar-refractivity contribution in [3.8, 4) is 0 Å². The van der Waals surface area contributed by atoms with Crippen LogP contribution in [-0.4, -0.2) is 0 Å². The maximum Gasteiger partial charge on any atom is -0.0270 e. The highest BCUT2D eigenvalue weighted by atomic mass is 14.2. The zero-order valence-electron chi connectivity index (χ0n) is 8.41. The lowest BCUT2D eigenvalue weighted by atomic mass is 10.00. The van der Waals surface area contributed by atoms with Crippen LogP contribution in [0.15, 0.2) is 34.9 Å². The summed E-state index contributed by atoms with van der Waals surface area (Å²) >= 11 is 0. The summed E-state index contributed by atoms with van der Waals surface area (Å²) < 4.78 is 0. The molecule has 0 aromatic heterocycles. The maximum absolute atomic E-state index is 4.02. The second-order valence-electron chi connectivity index (χ2n) is 3.56. The van der Waals surface area contributed by atoms with E-state index in [1.807, 2.05) is 0 Å². The van der Waals surface area contributed by atoms with E-state index in [0.717, 1.165) is 0 Å². The van der Waals surface area contributed by atoms with Gasteiger partial charge in [-0.15, -0.1) is 0 Å². The molecular formula is C12H18. The van der Waals surface area contributed by atoms with Crippen molar-refractivity contribution in [2.75, 3.05) is 0 Å². The van der Waals surface area contributed by atoms with Crippen molar-refractivity contribution in [2.24, 2.45) is 0 Å². The van der Waals surface area contributed by atoms with Gasteiger partial charge in [0, 0.05) is 0 Å². The minimum Gasteiger partial charge on any atom is -0.0958 e. The minimum absolute atomic E-state index is 1.23. The lowest BCUT2D eigenvalue weighted by Gasteiger charge is -2.06. The molecule has 0 saturated heterocycles. The van der Waals surface area contributed by atoms with E-state index < -0.39 is 0 Å². The molecule has 0 spiro atoms. The Balaban J connectivity index is 2.99. The Kier molecular flexibility index (Phi) is 2.91. The van der Waals surface area contributed by atoms with E-state index in [2.05, 4.69) is 33.4 Å². The normalized spacial score (nSPS) is 18.8. The van der Waals surface area contributed by atoms with Gasteiger partial charge in [0.15, 0.2) is 0 Å². The number of allylic oxidation sites excluding steroid dienone is 5. The number of hydrogen-bond acceptors (Lipinski definition) is 0. The molecule has 0 N–H and O–H groups in total. The largest absolute Gasteiger partial charge is 0.0958 e. The standard InChI is InChI=1S/C12H18/c1-5-10(4)12-8-6-7-11(12)9(2)3/h5H,2,6-8H2,1,3-4H3/b10-5-. The smallest absolute Gasteiger partial charge is 0.0270 e. The fraction of sp³-hybridized carbons (Fsp3) is 0.500. The molecule has 0 fully saturated rings. The third kappa shape index (κ3) is 1.69. The summed E-state index contributed by atoms with van der Waals surface area (Å²) in [5.74, 6) is 0. The molecule has 0 radical (unpaired) electrons. The van der Waals surface area contributed by atoms with E-state index in [1.165, 1.54) is 36.0 Å². The first-order valence-corrected chi connectivity index (χ1v) is 4.68. The second-order valence-corrected chi connectivity index (χ2v) is 3.56. The van der Waals surface area contributed by atoms with Crippen molar-refractivity contribution >= 4 is 0 Å². The van der Waals surface area contributed by atoms with Crippen LogP contribution < -0.4 is 0 Å². The second kappa shape index (κ2) is 3.75. The molecule has 0 amide bonds. The fourth-order valence-electron chi connectivity index (χ4n) is 1.82. The minimum atomic E-state index is 1.23. The van der Waals surface area contributed by atoms with Gasteiger partial charge in [-0.2, -0.15) is 0 Å². The molecular weight excluding hydrogens is 144 g/mol. The molecule has 0 aromatic carbocycles. The molecule has 1 rings (SSSR count). The van der Waals surface area contributed by atoms with Crippen LogP contribution in [0.25, 0.3) is 0 Å². The van der Waals surface area contributed by atoms with E-state index in [-0.39, 0.29) is 0 Å². The van der Waals surface area contributed by atoms with Gasteiger partial charge in [0.2, 0.25) is 0 Å². The summed E-state index contributed by atoms with van der Waals surface area (Å²) in [5.41, 5.74) is 5.74. The molecule has 0 atom stereocenters. The average molecular weight is 162 g/mol. The number of rotatable bonds is 2. The highest BCUT2D eigenvalue weighted by Crippen LogP contribution is 2.34. The van der Waals surface area contributed by atoms with Gasteiger partial charge in [-0.05, 0) is 51.2 Å². The highest BCUT2D eigenvalue weighted by Gasteiger charge is 2.15. The van der Waals surface area contributed by atoms with Gasteiger partial charge >= 0.3 is 0 Å². The van der Waals surface area contributed by atoms with Crippen molar-refractivity contribution in [1.82, 2.24) is 0 Å². The van der Waals surface area contributed by atoms with Crippen molar-refractivity contribution in [2.45, 2.75) is 40.0 Å². The van der Waals surface area contributed by atoms with Crippen molar-refractivity contribution < 1.29 is 0 Å². The van der Waals surface area contributed by atoms with Crippen LogP contribution in [0.3, 0.4) is 0 Å². The zero-order valence-corrected chi connectivity index (χ0v) is 8.41. The molecule has 66 valence electrons. The third-order valence-corrected chi connectivity index (χ3v) is 2.64. The van der Waals surface area contributed by atoms with Crippen molar-refractivity contribution in [3.05, 3.63) is 34.9 Å². The van der Waals surface area contributed by atoms with Crippen LogP contribution in [0.2, 0.25) is 0 Å². The monoisotopic (exact) mass is 162 g/mol. The molecule has 0 aromatic rings. The highest BCUT2D eigenvalue weighted by molar-refractivity contribution is 5.44. The Labute approximate surface area is 75.7 Å². The molecule has 1 aliphatic rings. The number of hydrogen-bond donors (Lipinski definition) is 0. The quantitative estimate of drug-likeness (QED) is 0.575. The summed E-state index contributed by atoms with van der Waals surface area (Å²) in [6.45, 7) is 10.4.